The SMILES string of the molecule is CCNc1nc(C)nc(NC(C)(CC)CC)c1C. The van der Waals surface area contributed by atoms with Crippen molar-refractivity contribution in [3.8, 4) is 0 Å². The second-order valence-corrected chi connectivity index (χ2v) is 5.02. The van der Waals surface area contributed by atoms with Crippen molar-refractivity contribution < 1.29 is 0 Å². The fourth-order valence-corrected chi connectivity index (χ4v) is 1.80. The molecule has 0 fully saturated rings. The van der Waals surface area contributed by atoms with Crippen LogP contribution in [0.4, 0.5) is 11.6 Å². The third-order valence-corrected chi connectivity index (χ3v) is 3.58. The Morgan fingerprint density at radius 3 is 2.06 bits per heavy atom. The molecule has 18 heavy (non-hydrogen) atoms. The summed E-state index contributed by atoms with van der Waals surface area (Å²) < 4.78 is 0. The minimum Gasteiger partial charge on any atom is -0.370 e. The summed E-state index contributed by atoms with van der Waals surface area (Å²) in [6.45, 7) is 13.6. The first-order chi connectivity index (χ1) is 8.45. The Hall–Kier alpha value is -1.32. The summed E-state index contributed by atoms with van der Waals surface area (Å²) in [7, 11) is 0. The Kier molecular flexibility index (Phi) is 4.93. The van der Waals surface area contributed by atoms with E-state index in [4.69, 9.17) is 0 Å². The standard InChI is InChI=1S/C14H26N4/c1-7-14(6,8-2)18-13-10(4)12(15-9-3)16-11(5)17-13/h7-9H2,1-6H3,(H2,15,16,17,18). The molecule has 4 heteroatoms. The Morgan fingerprint density at radius 1 is 1.00 bits per heavy atom. The lowest BCUT2D eigenvalue weighted by atomic mass is 9.95. The van der Waals surface area contributed by atoms with Gasteiger partial charge in [-0.15, -0.1) is 0 Å². The van der Waals surface area contributed by atoms with Gasteiger partial charge in [0, 0.05) is 17.6 Å². The van der Waals surface area contributed by atoms with Gasteiger partial charge in [-0.05, 0) is 40.5 Å². The molecule has 0 saturated carbocycles. The monoisotopic (exact) mass is 250 g/mol. The summed E-state index contributed by atoms with van der Waals surface area (Å²) in [5, 5.41) is 6.86. The molecule has 1 aromatic rings. The van der Waals surface area contributed by atoms with Crippen LogP contribution >= 0.6 is 0 Å². The maximum absolute atomic E-state index is 4.53. The normalized spacial score (nSPS) is 11.4. The summed E-state index contributed by atoms with van der Waals surface area (Å²) >= 11 is 0. The molecule has 4 nitrogen and oxygen atoms in total. The molecule has 0 aliphatic carbocycles. The number of hydrogen-bond donors (Lipinski definition) is 2. The third-order valence-electron chi connectivity index (χ3n) is 3.58. The number of hydrogen-bond acceptors (Lipinski definition) is 4. The zero-order valence-electron chi connectivity index (χ0n) is 12.5. The average Bonchev–Trinajstić information content (AvgIpc) is 2.35. The van der Waals surface area contributed by atoms with E-state index in [-0.39, 0.29) is 5.54 Å². The zero-order chi connectivity index (χ0) is 13.8. The van der Waals surface area contributed by atoms with Crippen molar-refractivity contribution in [1.82, 2.24) is 9.97 Å². The van der Waals surface area contributed by atoms with Gasteiger partial charge < -0.3 is 10.6 Å². The fraction of sp³-hybridized carbons (Fsp3) is 0.714. The van der Waals surface area contributed by atoms with E-state index in [1.165, 1.54) is 0 Å². The van der Waals surface area contributed by atoms with Gasteiger partial charge in [-0.25, -0.2) is 9.97 Å². The maximum Gasteiger partial charge on any atom is 0.135 e. The molecule has 0 bridgehead atoms. The highest BCUT2D eigenvalue weighted by molar-refractivity contribution is 5.58. The van der Waals surface area contributed by atoms with Crippen LogP contribution in [0.3, 0.4) is 0 Å². The summed E-state index contributed by atoms with van der Waals surface area (Å²) in [5.74, 6) is 2.68. The topological polar surface area (TPSA) is 49.8 Å². The highest BCUT2D eigenvalue weighted by atomic mass is 15.1. The molecule has 1 aromatic heterocycles. The molecular weight excluding hydrogens is 224 g/mol. The van der Waals surface area contributed by atoms with Gasteiger partial charge >= 0.3 is 0 Å². The van der Waals surface area contributed by atoms with Crippen LogP contribution in [0, 0.1) is 13.8 Å². The number of rotatable bonds is 6. The van der Waals surface area contributed by atoms with Crippen molar-refractivity contribution >= 4 is 11.6 Å². The number of anilines is 2. The minimum absolute atomic E-state index is 0.0923. The van der Waals surface area contributed by atoms with E-state index in [0.29, 0.717) is 0 Å². The van der Waals surface area contributed by atoms with Crippen molar-refractivity contribution in [2.45, 2.75) is 59.9 Å². The Labute approximate surface area is 111 Å². The number of nitrogens with zero attached hydrogens (tertiary/aromatic N) is 2. The highest BCUT2D eigenvalue weighted by Crippen LogP contribution is 2.26. The van der Waals surface area contributed by atoms with Crippen LogP contribution in [0.1, 0.15) is 51.9 Å². The fourth-order valence-electron chi connectivity index (χ4n) is 1.80. The van der Waals surface area contributed by atoms with Crippen LogP contribution in [0.5, 0.6) is 0 Å². The van der Waals surface area contributed by atoms with Crippen molar-refractivity contribution in [2.24, 2.45) is 0 Å². The second-order valence-electron chi connectivity index (χ2n) is 5.02. The van der Waals surface area contributed by atoms with E-state index in [2.05, 4.69) is 55.2 Å². The molecule has 1 rings (SSSR count). The Morgan fingerprint density at radius 2 is 1.56 bits per heavy atom. The van der Waals surface area contributed by atoms with Crippen LogP contribution < -0.4 is 10.6 Å². The summed E-state index contributed by atoms with van der Waals surface area (Å²) in [6, 6.07) is 0. The van der Waals surface area contributed by atoms with Gasteiger partial charge in [-0.3, -0.25) is 0 Å². The van der Waals surface area contributed by atoms with Crippen LogP contribution in [0.15, 0.2) is 0 Å². The quantitative estimate of drug-likeness (QED) is 0.811. The molecule has 0 aliphatic heterocycles. The van der Waals surface area contributed by atoms with Gasteiger partial charge in [0.15, 0.2) is 0 Å². The van der Waals surface area contributed by atoms with E-state index in [0.717, 1.165) is 42.4 Å². The van der Waals surface area contributed by atoms with Crippen molar-refractivity contribution in [1.29, 1.82) is 0 Å². The molecular formula is C14H26N4. The molecule has 0 atom stereocenters. The second kappa shape index (κ2) is 6.03. The van der Waals surface area contributed by atoms with Crippen molar-refractivity contribution in [3.63, 3.8) is 0 Å². The highest BCUT2D eigenvalue weighted by Gasteiger charge is 2.21. The summed E-state index contributed by atoms with van der Waals surface area (Å²) in [6.07, 6.45) is 2.14. The number of aryl methyl sites for hydroxylation is 1. The predicted molar refractivity (Wildman–Crippen MR) is 78.3 cm³/mol. The first kappa shape index (κ1) is 14.7. The van der Waals surface area contributed by atoms with Crippen LogP contribution in [0.25, 0.3) is 0 Å². The zero-order valence-corrected chi connectivity index (χ0v) is 12.5. The first-order valence-electron chi connectivity index (χ1n) is 6.83. The maximum atomic E-state index is 4.53. The first-order valence-corrected chi connectivity index (χ1v) is 6.83. The van der Waals surface area contributed by atoms with Crippen molar-refractivity contribution in [2.75, 3.05) is 17.2 Å². The smallest absolute Gasteiger partial charge is 0.135 e. The minimum atomic E-state index is 0.0923. The lowest BCUT2D eigenvalue weighted by Crippen LogP contribution is -2.34. The van der Waals surface area contributed by atoms with E-state index >= 15 is 0 Å². The number of nitrogens with one attached hydrogen (secondary N) is 2. The van der Waals surface area contributed by atoms with E-state index in [9.17, 15) is 0 Å². The molecule has 0 aliphatic rings. The number of aromatic nitrogens is 2. The summed E-state index contributed by atoms with van der Waals surface area (Å²) in [5.41, 5.74) is 1.19. The van der Waals surface area contributed by atoms with Crippen LogP contribution in [0.2, 0.25) is 0 Å². The van der Waals surface area contributed by atoms with Gasteiger partial charge in [0.2, 0.25) is 0 Å². The summed E-state index contributed by atoms with van der Waals surface area (Å²) in [4.78, 5) is 8.98. The van der Waals surface area contributed by atoms with E-state index in [1.807, 2.05) is 6.92 Å². The van der Waals surface area contributed by atoms with Gasteiger partial charge in [-0.2, -0.15) is 0 Å². The molecule has 0 spiro atoms. The lowest BCUT2D eigenvalue weighted by molar-refractivity contribution is 0.476. The molecule has 1 heterocycles. The van der Waals surface area contributed by atoms with Gasteiger partial charge in [-0.1, -0.05) is 13.8 Å². The van der Waals surface area contributed by atoms with E-state index < -0.39 is 0 Å². The van der Waals surface area contributed by atoms with Gasteiger partial charge in [0.1, 0.15) is 17.5 Å². The average molecular weight is 250 g/mol. The van der Waals surface area contributed by atoms with Gasteiger partial charge in [0.05, 0.1) is 0 Å². The van der Waals surface area contributed by atoms with Crippen LogP contribution in [-0.4, -0.2) is 22.1 Å². The largest absolute Gasteiger partial charge is 0.370 e. The molecule has 0 aromatic carbocycles. The molecule has 102 valence electrons. The van der Waals surface area contributed by atoms with E-state index in [1.54, 1.807) is 0 Å². The molecule has 0 unspecified atom stereocenters. The van der Waals surface area contributed by atoms with Crippen LogP contribution in [-0.2, 0) is 0 Å². The Balaban J connectivity index is 3.08. The molecule has 0 saturated heterocycles. The Bertz CT molecular complexity index is 397. The van der Waals surface area contributed by atoms with Gasteiger partial charge in [0.25, 0.3) is 0 Å². The molecule has 2 N–H and O–H groups in total. The third kappa shape index (κ3) is 3.34. The molecule has 0 radical (unpaired) electrons. The van der Waals surface area contributed by atoms with Crippen molar-refractivity contribution in [3.05, 3.63) is 11.4 Å². The lowest BCUT2D eigenvalue weighted by Gasteiger charge is -2.30. The predicted octanol–water partition coefficient (Wildman–Crippen LogP) is 3.52. The molecule has 0 amide bonds.